The standard InChI is InChI=1S/C23H20Cl2F3N7/c24-15-5-4-6-16(25)17(15)30-21-31-18-19(29-14-9-7-13(8-10-14)23(26,27)28)33-22(34-20(18)32-21)35-11-2-1-3-12-35/h4-10H,1-3,11-12H2,(H3,29,30,31,32,33,34). The number of benzene rings is 2. The third-order valence-corrected chi connectivity index (χ3v) is 6.29. The summed E-state index contributed by atoms with van der Waals surface area (Å²) in [5.74, 6) is 1.23. The molecule has 12 heteroatoms. The lowest BCUT2D eigenvalue weighted by atomic mass is 10.1. The van der Waals surface area contributed by atoms with E-state index in [2.05, 4.69) is 35.5 Å². The number of H-pyrrole nitrogens is 1. The first kappa shape index (κ1) is 23.5. The lowest BCUT2D eigenvalue weighted by Crippen LogP contribution is -2.31. The van der Waals surface area contributed by atoms with Crippen LogP contribution in [0.25, 0.3) is 11.2 Å². The van der Waals surface area contributed by atoms with Gasteiger partial charge >= 0.3 is 6.18 Å². The van der Waals surface area contributed by atoms with Gasteiger partial charge in [-0.25, -0.2) is 0 Å². The number of imidazole rings is 1. The highest BCUT2D eigenvalue weighted by Crippen LogP contribution is 2.34. The SMILES string of the molecule is FC(F)(F)c1ccc(Nc2nc(N3CCCCC3)nc3nc(Nc4c(Cl)cccc4Cl)[nH]c23)cc1. The van der Waals surface area contributed by atoms with Gasteiger partial charge in [0.15, 0.2) is 11.5 Å². The molecule has 1 saturated heterocycles. The highest BCUT2D eigenvalue weighted by molar-refractivity contribution is 6.39. The summed E-state index contributed by atoms with van der Waals surface area (Å²) in [7, 11) is 0. The minimum absolute atomic E-state index is 0.343. The molecule has 0 aliphatic carbocycles. The van der Waals surface area contributed by atoms with Crippen molar-refractivity contribution in [3.63, 3.8) is 0 Å². The Morgan fingerprint density at radius 1 is 0.857 bits per heavy atom. The van der Waals surface area contributed by atoms with Crippen molar-refractivity contribution >= 4 is 63.5 Å². The molecule has 0 saturated carbocycles. The van der Waals surface area contributed by atoms with Crippen molar-refractivity contribution in [1.82, 2.24) is 19.9 Å². The van der Waals surface area contributed by atoms with Crippen molar-refractivity contribution < 1.29 is 13.2 Å². The number of nitrogens with zero attached hydrogens (tertiary/aromatic N) is 4. The van der Waals surface area contributed by atoms with Crippen LogP contribution in [0.2, 0.25) is 10.0 Å². The Kier molecular flexibility index (Phi) is 6.33. The number of hydrogen-bond acceptors (Lipinski definition) is 6. The number of hydrogen-bond donors (Lipinski definition) is 3. The van der Waals surface area contributed by atoms with Crippen LogP contribution in [0.3, 0.4) is 0 Å². The summed E-state index contributed by atoms with van der Waals surface area (Å²) in [6, 6.07) is 9.88. The zero-order valence-electron chi connectivity index (χ0n) is 18.3. The molecular weight excluding hydrogens is 502 g/mol. The average molecular weight is 522 g/mol. The van der Waals surface area contributed by atoms with Crippen LogP contribution in [-0.4, -0.2) is 33.0 Å². The molecule has 1 fully saturated rings. The van der Waals surface area contributed by atoms with Gasteiger partial charge in [0, 0.05) is 18.8 Å². The van der Waals surface area contributed by atoms with Crippen LogP contribution in [0.1, 0.15) is 24.8 Å². The minimum atomic E-state index is -4.41. The van der Waals surface area contributed by atoms with Crippen molar-refractivity contribution in [2.75, 3.05) is 28.6 Å². The Hall–Kier alpha value is -3.24. The van der Waals surface area contributed by atoms with Gasteiger partial charge in [-0.2, -0.15) is 28.1 Å². The molecule has 2 aromatic carbocycles. The van der Waals surface area contributed by atoms with Gasteiger partial charge in [0.05, 0.1) is 21.3 Å². The van der Waals surface area contributed by atoms with E-state index < -0.39 is 11.7 Å². The van der Waals surface area contributed by atoms with E-state index in [9.17, 15) is 13.2 Å². The molecule has 0 radical (unpaired) electrons. The van der Waals surface area contributed by atoms with E-state index in [1.807, 2.05) is 0 Å². The molecule has 1 aliphatic heterocycles. The van der Waals surface area contributed by atoms with Crippen LogP contribution in [0.4, 0.5) is 42.3 Å². The van der Waals surface area contributed by atoms with Gasteiger partial charge in [-0.05, 0) is 55.7 Å². The number of aromatic nitrogens is 4. The number of fused-ring (bicyclic) bond motifs is 1. The van der Waals surface area contributed by atoms with E-state index in [1.54, 1.807) is 18.2 Å². The summed E-state index contributed by atoms with van der Waals surface area (Å²) in [5, 5.41) is 7.02. The second kappa shape index (κ2) is 9.43. The molecular formula is C23H20Cl2F3N7. The smallest absolute Gasteiger partial charge is 0.341 e. The molecule has 3 heterocycles. The van der Waals surface area contributed by atoms with Crippen LogP contribution in [-0.2, 0) is 6.18 Å². The van der Waals surface area contributed by atoms with E-state index in [-0.39, 0.29) is 0 Å². The molecule has 0 atom stereocenters. The van der Waals surface area contributed by atoms with Gasteiger partial charge in [0.2, 0.25) is 11.9 Å². The highest BCUT2D eigenvalue weighted by atomic mass is 35.5. The molecule has 0 bridgehead atoms. The first-order chi connectivity index (χ1) is 16.8. The van der Waals surface area contributed by atoms with Crippen molar-refractivity contribution in [3.8, 4) is 0 Å². The summed E-state index contributed by atoms with van der Waals surface area (Å²) in [6.07, 6.45) is -1.21. The molecule has 0 spiro atoms. The minimum Gasteiger partial charge on any atom is -0.341 e. The van der Waals surface area contributed by atoms with E-state index in [4.69, 9.17) is 23.2 Å². The van der Waals surface area contributed by atoms with Crippen molar-refractivity contribution in [2.24, 2.45) is 0 Å². The normalized spacial score (nSPS) is 14.4. The average Bonchev–Trinajstić information content (AvgIpc) is 3.25. The van der Waals surface area contributed by atoms with Gasteiger partial charge in [-0.1, -0.05) is 29.3 Å². The van der Waals surface area contributed by atoms with Gasteiger partial charge in [0.1, 0.15) is 5.52 Å². The third-order valence-electron chi connectivity index (χ3n) is 5.66. The van der Waals surface area contributed by atoms with E-state index in [0.717, 1.165) is 44.5 Å². The Morgan fingerprint density at radius 3 is 2.20 bits per heavy atom. The van der Waals surface area contributed by atoms with E-state index >= 15 is 0 Å². The molecule has 0 amide bonds. The summed E-state index contributed by atoms with van der Waals surface area (Å²) in [6.45, 7) is 1.63. The number of para-hydroxylation sites is 1. The lowest BCUT2D eigenvalue weighted by Gasteiger charge is -2.26. The Labute approximate surface area is 208 Å². The van der Waals surface area contributed by atoms with Crippen LogP contribution in [0, 0.1) is 0 Å². The third kappa shape index (κ3) is 5.08. The van der Waals surface area contributed by atoms with Crippen LogP contribution in [0.15, 0.2) is 42.5 Å². The number of piperidine rings is 1. The molecule has 7 nitrogen and oxygen atoms in total. The topological polar surface area (TPSA) is 81.8 Å². The first-order valence-corrected chi connectivity index (χ1v) is 11.7. The maximum Gasteiger partial charge on any atom is 0.416 e. The van der Waals surface area contributed by atoms with Crippen molar-refractivity contribution in [1.29, 1.82) is 0 Å². The fourth-order valence-corrected chi connectivity index (χ4v) is 4.38. The summed E-state index contributed by atoms with van der Waals surface area (Å²) >= 11 is 12.5. The second-order valence-electron chi connectivity index (χ2n) is 8.13. The molecule has 5 rings (SSSR count). The number of anilines is 5. The molecule has 35 heavy (non-hydrogen) atoms. The molecule has 3 N–H and O–H groups in total. The molecule has 182 valence electrons. The maximum atomic E-state index is 13.0. The zero-order chi connectivity index (χ0) is 24.6. The fraction of sp³-hybridized carbons (Fsp3) is 0.261. The maximum absolute atomic E-state index is 13.0. The second-order valence-corrected chi connectivity index (χ2v) is 8.94. The molecule has 0 unspecified atom stereocenters. The Bertz CT molecular complexity index is 1330. The largest absolute Gasteiger partial charge is 0.416 e. The molecule has 1 aliphatic rings. The quantitative estimate of drug-likeness (QED) is 0.258. The Balaban J connectivity index is 1.53. The van der Waals surface area contributed by atoms with Crippen LogP contribution < -0.4 is 15.5 Å². The number of aromatic amines is 1. The lowest BCUT2D eigenvalue weighted by molar-refractivity contribution is -0.137. The van der Waals surface area contributed by atoms with Crippen LogP contribution in [0.5, 0.6) is 0 Å². The van der Waals surface area contributed by atoms with Gasteiger partial charge in [-0.3, -0.25) is 0 Å². The summed E-state index contributed by atoms with van der Waals surface area (Å²) < 4.78 is 38.9. The van der Waals surface area contributed by atoms with Gasteiger partial charge < -0.3 is 20.5 Å². The molecule has 4 aromatic rings. The Morgan fingerprint density at radius 2 is 1.54 bits per heavy atom. The van der Waals surface area contributed by atoms with E-state index in [0.29, 0.717) is 50.3 Å². The number of nitrogens with one attached hydrogen (secondary N) is 3. The monoisotopic (exact) mass is 521 g/mol. The van der Waals surface area contributed by atoms with E-state index in [1.165, 1.54) is 12.1 Å². The molecule has 2 aromatic heterocycles. The zero-order valence-corrected chi connectivity index (χ0v) is 19.8. The number of rotatable bonds is 5. The predicted molar refractivity (Wildman–Crippen MR) is 132 cm³/mol. The predicted octanol–water partition coefficient (Wildman–Crippen LogP) is 7.16. The van der Waals surface area contributed by atoms with Gasteiger partial charge in [-0.15, -0.1) is 0 Å². The fourth-order valence-electron chi connectivity index (χ4n) is 3.89. The first-order valence-electron chi connectivity index (χ1n) is 11.0. The highest BCUT2D eigenvalue weighted by Gasteiger charge is 2.30. The van der Waals surface area contributed by atoms with Crippen molar-refractivity contribution in [3.05, 3.63) is 58.1 Å². The van der Waals surface area contributed by atoms with Gasteiger partial charge in [0.25, 0.3) is 0 Å². The summed E-state index contributed by atoms with van der Waals surface area (Å²) in [4.78, 5) is 19.1. The number of alkyl halides is 3. The summed E-state index contributed by atoms with van der Waals surface area (Å²) in [5.41, 5.74) is 1.07. The van der Waals surface area contributed by atoms with Crippen LogP contribution >= 0.6 is 23.2 Å². The number of halogens is 5. The van der Waals surface area contributed by atoms with Crippen molar-refractivity contribution in [2.45, 2.75) is 25.4 Å².